The molecule has 1 rings (SSSR count). The van der Waals surface area contributed by atoms with Gasteiger partial charge in [-0.1, -0.05) is 14.7 Å². The molecule has 1 aromatic rings. The van der Waals surface area contributed by atoms with Crippen LogP contribution >= 0.6 is 24.4 Å². The Hall–Kier alpha value is 0.0634. The molecule has 0 bridgehead atoms. The summed E-state index contributed by atoms with van der Waals surface area (Å²) in [6, 6.07) is 5.76. The molecule has 1 aromatic carbocycles. The second kappa shape index (κ2) is 7.40. The van der Waals surface area contributed by atoms with Gasteiger partial charge in [-0.25, -0.2) is 0 Å². The minimum absolute atomic E-state index is 0. The number of aryl methyl sites for hydroxylation is 1. The number of rotatable bonds is 2. The molecule has 0 unspecified atom stereocenters. The van der Waals surface area contributed by atoms with Crippen molar-refractivity contribution in [2.75, 3.05) is 10.6 Å². The van der Waals surface area contributed by atoms with Gasteiger partial charge < -0.3 is 60.3 Å². The number of thiocarbonyl (C=S) groups is 2. The Labute approximate surface area is 130 Å². The van der Waals surface area contributed by atoms with Crippen LogP contribution in [-0.4, -0.2) is 8.64 Å². The van der Waals surface area contributed by atoms with E-state index in [1.165, 1.54) is 0 Å². The first-order valence-corrected chi connectivity index (χ1v) is 5.69. The van der Waals surface area contributed by atoms with Crippen LogP contribution < -0.4 is 10.6 Å². The van der Waals surface area contributed by atoms with E-state index in [9.17, 15) is 0 Å². The third kappa shape index (κ3) is 5.41. The minimum atomic E-state index is 0. The Morgan fingerprint density at radius 3 is 2.06 bits per heavy atom. The van der Waals surface area contributed by atoms with Gasteiger partial charge in [-0.3, -0.25) is 0 Å². The second-order valence-corrected chi connectivity index (χ2v) is 5.02. The molecule has 7 heteroatoms. The van der Waals surface area contributed by atoms with Gasteiger partial charge in [-0.05, 0) is 24.6 Å². The SMILES string of the molecule is Cc1ccc(NC(=S)[S-])c(NC(=S)[S-])c1.[Zn+2]. The molecule has 0 atom stereocenters. The predicted molar refractivity (Wildman–Crippen MR) is 78.4 cm³/mol. The fourth-order valence-corrected chi connectivity index (χ4v) is 1.53. The Balaban J connectivity index is 0.00000225. The molecule has 0 spiro atoms. The molecular formula is C9H8N2S4Zn. The summed E-state index contributed by atoms with van der Waals surface area (Å²) in [6.07, 6.45) is 0. The number of hydrogen-bond acceptors (Lipinski definition) is 4. The van der Waals surface area contributed by atoms with E-state index in [1.807, 2.05) is 25.1 Å². The van der Waals surface area contributed by atoms with E-state index < -0.39 is 0 Å². The van der Waals surface area contributed by atoms with Gasteiger partial charge in [0.2, 0.25) is 0 Å². The summed E-state index contributed by atoms with van der Waals surface area (Å²) in [4.78, 5) is 0. The maximum atomic E-state index is 4.81. The fourth-order valence-electron chi connectivity index (χ4n) is 1.09. The zero-order chi connectivity index (χ0) is 11.4. The average Bonchev–Trinajstić information content (AvgIpc) is 2.08. The summed E-state index contributed by atoms with van der Waals surface area (Å²) in [5.41, 5.74) is 2.68. The van der Waals surface area contributed by atoms with Gasteiger partial charge in [0.25, 0.3) is 0 Å². The molecule has 16 heavy (non-hydrogen) atoms. The van der Waals surface area contributed by atoms with Crippen molar-refractivity contribution in [1.82, 2.24) is 0 Å². The summed E-state index contributed by atoms with van der Waals surface area (Å²) in [7, 11) is 0. The van der Waals surface area contributed by atoms with Crippen molar-refractivity contribution >= 4 is 69.7 Å². The molecule has 0 aliphatic rings. The van der Waals surface area contributed by atoms with Crippen molar-refractivity contribution in [2.45, 2.75) is 6.92 Å². The van der Waals surface area contributed by atoms with Gasteiger partial charge in [-0.15, -0.1) is 0 Å². The molecule has 0 saturated heterocycles. The minimum Gasteiger partial charge on any atom is -0.411 e. The van der Waals surface area contributed by atoms with Gasteiger partial charge in [-0.2, -0.15) is 0 Å². The molecule has 0 aliphatic heterocycles. The van der Waals surface area contributed by atoms with E-state index in [0.717, 1.165) is 16.9 Å². The van der Waals surface area contributed by atoms with Crippen LogP contribution in [0.4, 0.5) is 11.4 Å². The Morgan fingerprint density at radius 1 is 1.06 bits per heavy atom. The molecule has 0 amide bonds. The van der Waals surface area contributed by atoms with E-state index in [1.54, 1.807) is 0 Å². The van der Waals surface area contributed by atoms with Crippen LogP contribution in [0.5, 0.6) is 0 Å². The number of nitrogens with one attached hydrogen (secondary N) is 2. The Bertz CT molecular complexity index is 408. The van der Waals surface area contributed by atoms with E-state index in [2.05, 4.69) is 10.6 Å². The third-order valence-corrected chi connectivity index (χ3v) is 2.06. The van der Waals surface area contributed by atoms with Crippen molar-refractivity contribution in [1.29, 1.82) is 0 Å². The molecule has 0 radical (unpaired) electrons. The quantitative estimate of drug-likeness (QED) is 0.488. The summed E-state index contributed by atoms with van der Waals surface area (Å²) >= 11 is 19.2. The van der Waals surface area contributed by atoms with Crippen molar-refractivity contribution in [3.05, 3.63) is 23.8 Å². The van der Waals surface area contributed by atoms with Crippen LogP contribution in [0.3, 0.4) is 0 Å². The first-order chi connectivity index (χ1) is 6.99. The van der Waals surface area contributed by atoms with Crippen LogP contribution in [0.1, 0.15) is 5.56 Å². The Kier molecular flexibility index (Phi) is 7.43. The molecule has 0 saturated carbocycles. The number of hydrogen-bond donors (Lipinski definition) is 2. The zero-order valence-corrected chi connectivity index (χ0v) is 14.8. The largest absolute Gasteiger partial charge is 2.00 e. The normalized spacial score (nSPS) is 8.81. The molecular weight excluding hydrogens is 330 g/mol. The van der Waals surface area contributed by atoms with Crippen molar-refractivity contribution in [3.8, 4) is 0 Å². The second-order valence-electron chi connectivity index (χ2n) is 2.87. The summed E-state index contributed by atoms with van der Waals surface area (Å²) in [5, 5.41) is 5.78. The summed E-state index contributed by atoms with van der Waals surface area (Å²) in [5.74, 6) is 0. The van der Waals surface area contributed by atoms with Gasteiger partial charge in [0, 0.05) is 0 Å². The number of benzene rings is 1. The molecule has 0 fully saturated rings. The summed E-state index contributed by atoms with van der Waals surface area (Å²) in [6.45, 7) is 1.98. The molecule has 80 valence electrons. The molecule has 0 aromatic heterocycles. The predicted octanol–water partition coefficient (Wildman–Crippen LogP) is 2.48. The topological polar surface area (TPSA) is 24.1 Å². The van der Waals surface area contributed by atoms with Gasteiger partial charge in [0.05, 0.1) is 11.4 Å². The first-order valence-electron chi connectivity index (χ1n) is 4.05. The maximum absolute atomic E-state index is 4.81. The fraction of sp³-hybridized carbons (Fsp3) is 0.111. The molecule has 2 nitrogen and oxygen atoms in total. The summed E-state index contributed by atoms with van der Waals surface area (Å²) < 4.78 is 0.580. The van der Waals surface area contributed by atoms with Crippen molar-refractivity contribution in [2.24, 2.45) is 0 Å². The van der Waals surface area contributed by atoms with Crippen molar-refractivity contribution < 1.29 is 19.5 Å². The maximum Gasteiger partial charge on any atom is 2.00 e. The monoisotopic (exact) mass is 336 g/mol. The van der Waals surface area contributed by atoms with Gasteiger partial charge >= 0.3 is 19.5 Å². The zero-order valence-electron chi connectivity index (χ0n) is 8.57. The molecule has 0 aliphatic carbocycles. The Morgan fingerprint density at radius 2 is 1.56 bits per heavy atom. The standard InChI is InChI=1S/C9H10N2S4.Zn/c1-5-2-3-6(10-8(12)13)7(4-5)11-9(14)15;/h2-4H,1H3,(H2,10,12,13)(H2,11,14,15);/q;+2/p-2. The smallest absolute Gasteiger partial charge is 0.411 e. The van der Waals surface area contributed by atoms with Gasteiger partial charge in [0.15, 0.2) is 0 Å². The van der Waals surface area contributed by atoms with Crippen LogP contribution in [-0.2, 0) is 44.7 Å². The van der Waals surface area contributed by atoms with Crippen molar-refractivity contribution in [3.63, 3.8) is 0 Å². The molecule has 0 heterocycles. The van der Waals surface area contributed by atoms with Crippen LogP contribution in [0.25, 0.3) is 0 Å². The average molecular weight is 338 g/mol. The number of anilines is 2. The molecule has 2 N–H and O–H groups in total. The first kappa shape index (κ1) is 16.1. The van der Waals surface area contributed by atoms with E-state index >= 15 is 0 Å². The van der Waals surface area contributed by atoms with E-state index in [4.69, 9.17) is 49.7 Å². The van der Waals surface area contributed by atoms with Crippen LogP contribution in [0.2, 0.25) is 0 Å². The van der Waals surface area contributed by atoms with Gasteiger partial charge in [0.1, 0.15) is 0 Å². The van der Waals surface area contributed by atoms with Crippen LogP contribution in [0.15, 0.2) is 18.2 Å². The van der Waals surface area contributed by atoms with E-state index in [-0.39, 0.29) is 23.8 Å². The third-order valence-electron chi connectivity index (χ3n) is 1.65. The van der Waals surface area contributed by atoms with Crippen LogP contribution in [0, 0.1) is 6.92 Å². The van der Waals surface area contributed by atoms with E-state index in [0.29, 0.717) is 4.32 Å².